The molecule has 0 aliphatic carbocycles. The Hall–Kier alpha value is -4.03. The van der Waals surface area contributed by atoms with Gasteiger partial charge in [0.2, 0.25) is 0 Å². The van der Waals surface area contributed by atoms with E-state index in [4.69, 9.17) is 12.2 Å². The second kappa shape index (κ2) is 12.7. The Morgan fingerprint density at radius 2 is 1.59 bits per heavy atom. The van der Waals surface area contributed by atoms with Gasteiger partial charge in [-0.2, -0.15) is 13.2 Å². The van der Waals surface area contributed by atoms with E-state index < -0.39 is 11.7 Å². The molecule has 0 spiro atoms. The number of benzene rings is 3. The number of aromatic nitrogens is 2. The van der Waals surface area contributed by atoms with Crippen LogP contribution in [0.4, 0.5) is 41.6 Å². The summed E-state index contributed by atoms with van der Waals surface area (Å²) >= 11 is 6.46. The zero-order chi connectivity index (χ0) is 27.8. The zero-order valence-electron chi connectivity index (χ0n) is 20.8. The number of carbonyl (C=O) groups is 1. The van der Waals surface area contributed by atoms with Crippen molar-refractivity contribution in [1.29, 1.82) is 0 Å². The molecule has 0 aliphatic heterocycles. The summed E-state index contributed by atoms with van der Waals surface area (Å²) in [5, 5.41) is 13.9. The third-order valence-electron chi connectivity index (χ3n) is 5.61. The summed E-state index contributed by atoms with van der Waals surface area (Å²) in [5.41, 5.74) is 1.97. The molecule has 0 saturated heterocycles. The van der Waals surface area contributed by atoms with Crippen LogP contribution in [0.15, 0.2) is 78.2 Å². The first-order chi connectivity index (χ1) is 18.7. The van der Waals surface area contributed by atoms with E-state index >= 15 is 0 Å². The van der Waals surface area contributed by atoms with Crippen LogP contribution < -0.4 is 20.9 Å². The molecule has 1 amide bonds. The third-order valence-corrected chi connectivity index (χ3v) is 6.32. The van der Waals surface area contributed by atoms with Gasteiger partial charge in [0.15, 0.2) is 10.8 Å². The first kappa shape index (κ1) is 28.0. The van der Waals surface area contributed by atoms with Gasteiger partial charge < -0.3 is 20.9 Å². The molecule has 0 bridgehead atoms. The van der Waals surface area contributed by atoms with E-state index in [2.05, 4.69) is 25.5 Å². The summed E-state index contributed by atoms with van der Waals surface area (Å²) in [4.78, 5) is 14.0. The lowest BCUT2D eigenvalue weighted by atomic mass is 10.1. The summed E-state index contributed by atoms with van der Waals surface area (Å²) < 4.78 is 45.2. The summed E-state index contributed by atoms with van der Waals surface area (Å²) in [6.07, 6.45) is -2.83. The van der Waals surface area contributed by atoms with Crippen molar-refractivity contribution in [2.24, 2.45) is 0 Å². The summed E-state index contributed by atoms with van der Waals surface area (Å²) in [5.74, 6) is -0.384. The molecule has 3 N–H and O–H groups in total. The molecule has 1 heterocycles. The van der Waals surface area contributed by atoms with Crippen LogP contribution in [0, 0.1) is 0 Å². The van der Waals surface area contributed by atoms with Crippen molar-refractivity contribution >= 4 is 63.2 Å². The number of nitrogens with zero attached hydrogens (tertiary/aromatic N) is 3. The van der Waals surface area contributed by atoms with Crippen LogP contribution in [0.5, 0.6) is 0 Å². The number of anilines is 5. The monoisotopic (exact) mass is 570 g/mol. The largest absolute Gasteiger partial charge is 0.416 e. The van der Waals surface area contributed by atoms with Crippen molar-refractivity contribution in [2.45, 2.75) is 25.9 Å². The van der Waals surface area contributed by atoms with Crippen LogP contribution in [-0.2, 0) is 6.18 Å². The molecule has 0 atom stereocenters. The average molecular weight is 571 g/mol. The Labute approximate surface area is 233 Å². The van der Waals surface area contributed by atoms with E-state index in [9.17, 15) is 18.0 Å². The molecule has 0 radical (unpaired) electrons. The van der Waals surface area contributed by atoms with Gasteiger partial charge >= 0.3 is 6.18 Å². The van der Waals surface area contributed by atoms with Crippen molar-refractivity contribution in [3.63, 3.8) is 0 Å². The topological polar surface area (TPSA) is 82.2 Å². The number of para-hydroxylation sites is 1. The van der Waals surface area contributed by atoms with E-state index in [0.717, 1.165) is 42.2 Å². The number of thiocarbonyl (C=S) groups is 1. The molecule has 0 fully saturated rings. The van der Waals surface area contributed by atoms with Crippen LogP contribution in [0.1, 0.15) is 35.8 Å². The fourth-order valence-corrected chi connectivity index (χ4v) is 4.40. The lowest BCUT2D eigenvalue weighted by Gasteiger charge is -2.27. The van der Waals surface area contributed by atoms with Gasteiger partial charge in [-0.25, -0.2) is 0 Å². The van der Waals surface area contributed by atoms with Gasteiger partial charge in [0.1, 0.15) is 0 Å². The number of rotatable bonds is 9. The molecule has 0 aliphatic rings. The fraction of sp³-hybridized carbons (Fsp3) is 0.185. The molecular weight excluding hydrogens is 545 g/mol. The van der Waals surface area contributed by atoms with Crippen LogP contribution in [0.25, 0.3) is 0 Å². The lowest BCUT2D eigenvalue weighted by molar-refractivity contribution is -0.137. The Kier molecular flexibility index (Phi) is 9.10. The molecule has 4 rings (SSSR count). The van der Waals surface area contributed by atoms with Crippen molar-refractivity contribution in [2.75, 3.05) is 27.4 Å². The van der Waals surface area contributed by atoms with Gasteiger partial charge in [0.25, 0.3) is 5.91 Å². The normalized spacial score (nSPS) is 11.1. The summed E-state index contributed by atoms with van der Waals surface area (Å²) in [6, 6.07) is 19.8. The number of unbranched alkanes of at least 4 members (excludes halogenated alkanes) is 1. The second-order valence-electron chi connectivity index (χ2n) is 8.51. The SMILES string of the molecule is CCCCN(c1ccccc1)c1cc(NC(=S)Nc2ccc(NC(=O)c3csnn3)cc2)cc(C(F)(F)F)c1. The number of hydrogen-bond donors (Lipinski definition) is 3. The maximum absolute atomic E-state index is 13.8. The van der Waals surface area contributed by atoms with Gasteiger partial charge in [0.05, 0.1) is 5.56 Å². The molecule has 0 saturated carbocycles. The van der Waals surface area contributed by atoms with Crippen molar-refractivity contribution in [3.05, 3.63) is 89.4 Å². The highest BCUT2D eigenvalue weighted by atomic mass is 32.1. The van der Waals surface area contributed by atoms with E-state index in [1.165, 1.54) is 5.38 Å². The number of hydrogen-bond acceptors (Lipinski definition) is 6. The quantitative estimate of drug-likeness (QED) is 0.179. The highest BCUT2D eigenvalue weighted by Crippen LogP contribution is 2.36. The van der Waals surface area contributed by atoms with Gasteiger partial charge in [-0.05, 0) is 84.8 Å². The average Bonchev–Trinajstić information content (AvgIpc) is 3.45. The van der Waals surface area contributed by atoms with Crippen LogP contribution in [-0.4, -0.2) is 27.2 Å². The molecule has 39 heavy (non-hydrogen) atoms. The van der Waals surface area contributed by atoms with Gasteiger partial charge in [-0.1, -0.05) is 36.0 Å². The number of amides is 1. The minimum Gasteiger partial charge on any atom is -0.341 e. The molecule has 202 valence electrons. The molecule has 0 unspecified atom stereocenters. The molecule has 1 aromatic heterocycles. The third kappa shape index (κ3) is 7.74. The van der Waals surface area contributed by atoms with E-state index in [1.54, 1.807) is 30.3 Å². The number of alkyl halides is 3. The minimum atomic E-state index is -4.54. The van der Waals surface area contributed by atoms with Crippen LogP contribution in [0.2, 0.25) is 0 Å². The molecule has 7 nitrogen and oxygen atoms in total. The Bertz CT molecular complexity index is 1400. The van der Waals surface area contributed by atoms with E-state index in [-0.39, 0.29) is 22.4 Å². The molecule has 3 aromatic carbocycles. The maximum atomic E-state index is 13.8. The van der Waals surface area contributed by atoms with Gasteiger partial charge in [-0.15, -0.1) is 5.10 Å². The first-order valence-electron chi connectivity index (χ1n) is 12.0. The molecule has 4 aromatic rings. The smallest absolute Gasteiger partial charge is 0.341 e. The van der Waals surface area contributed by atoms with E-state index in [0.29, 0.717) is 23.6 Å². The number of carbonyl (C=O) groups excluding carboxylic acids is 1. The standard InChI is InChI=1S/C27H25F3N6OS2/c1-2-3-13-36(22-7-5-4-6-8-22)23-15-18(27(28,29)30)14-21(16-23)33-26(38)32-20-11-9-19(10-12-20)31-25(37)24-17-39-35-34-24/h4-12,14-17H,2-3,13H2,1H3,(H,31,37)(H2,32,33,38). The first-order valence-corrected chi connectivity index (χ1v) is 13.3. The Balaban J connectivity index is 1.50. The highest BCUT2D eigenvalue weighted by molar-refractivity contribution is 7.80. The fourth-order valence-electron chi connectivity index (χ4n) is 3.72. The number of nitrogens with one attached hydrogen (secondary N) is 3. The van der Waals surface area contributed by atoms with Crippen molar-refractivity contribution in [3.8, 4) is 0 Å². The van der Waals surface area contributed by atoms with E-state index in [1.807, 2.05) is 42.2 Å². The minimum absolute atomic E-state index is 0.116. The van der Waals surface area contributed by atoms with Crippen molar-refractivity contribution < 1.29 is 18.0 Å². The Morgan fingerprint density at radius 1 is 0.923 bits per heavy atom. The zero-order valence-corrected chi connectivity index (χ0v) is 22.5. The summed E-state index contributed by atoms with van der Waals surface area (Å²) in [7, 11) is 0. The predicted octanol–water partition coefficient (Wildman–Crippen LogP) is 7.56. The van der Waals surface area contributed by atoms with Crippen molar-refractivity contribution in [1.82, 2.24) is 9.59 Å². The highest BCUT2D eigenvalue weighted by Gasteiger charge is 2.32. The second-order valence-corrected chi connectivity index (χ2v) is 9.53. The predicted molar refractivity (Wildman–Crippen MR) is 154 cm³/mol. The van der Waals surface area contributed by atoms with Crippen LogP contribution in [0.3, 0.4) is 0 Å². The molecule has 12 heteroatoms. The lowest BCUT2D eigenvalue weighted by Crippen LogP contribution is -2.22. The van der Waals surface area contributed by atoms with Gasteiger partial charge in [0, 0.05) is 40.4 Å². The number of halogens is 3. The Morgan fingerprint density at radius 3 is 2.21 bits per heavy atom. The molecular formula is C27H25F3N6OS2. The van der Waals surface area contributed by atoms with Gasteiger partial charge in [-0.3, -0.25) is 4.79 Å². The van der Waals surface area contributed by atoms with Crippen LogP contribution >= 0.6 is 23.8 Å². The summed E-state index contributed by atoms with van der Waals surface area (Å²) in [6.45, 7) is 2.59. The maximum Gasteiger partial charge on any atom is 0.416 e.